The van der Waals surface area contributed by atoms with Gasteiger partial charge in [-0.15, -0.1) is 0 Å². The lowest BCUT2D eigenvalue weighted by molar-refractivity contribution is -0.125. The Hall–Kier alpha value is -3.88. The molecule has 164 valence electrons. The molecular weight excluding hydrogens is 408 g/mol. The highest BCUT2D eigenvalue weighted by molar-refractivity contribution is 6.23. The summed E-state index contributed by atoms with van der Waals surface area (Å²) >= 11 is 0. The van der Waals surface area contributed by atoms with Gasteiger partial charge in [0.1, 0.15) is 11.9 Å². The van der Waals surface area contributed by atoms with Crippen LogP contribution >= 0.6 is 0 Å². The number of nitrogen functional groups attached to an aromatic ring is 1. The third-order valence-corrected chi connectivity index (χ3v) is 6.27. The number of rotatable bonds is 3. The molecular formula is C23H24N6O3. The van der Waals surface area contributed by atoms with Crippen molar-refractivity contribution in [3.8, 4) is 0 Å². The number of piperazine rings is 1. The summed E-state index contributed by atoms with van der Waals surface area (Å²) in [6, 6.07) is 8.28. The number of imide groups is 1. The van der Waals surface area contributed by atoms with Crippen LogP contribution in [0.5, 0.6) is 0 Å². The number of nitrogens with two attached hydrogens (primary N) is 1. The van der Waals surface area contributed by atoms with E-state index in [0.29, 0.717) is 35.4 Å². The molecule has 2 fully saturated rings. The molecule has 3 aliphatic heterocycles. The molecule has 4 heterocycles. The van der Waals surface area contributed by atoms with Crippen molar-refractivity contribution in [3.63, 3.8) is 0 Å². The number of hydrogen-bond acceptors (Lipinski definition) is 7. The number of nitrogens with one attached hydrogen (secondary N) is 1. The maximum Gasteiger partial charge on any atom is 0.262 e. The molecule has 9 nitrogen and oxygen atoms in total. The Labute approximate surface area is 185 Å². The SMILES string of the molecule is C=C1CCC(N2C(=O)c3ccc(N4CCN(c5ccc(N)cn5)CC4)cc3C2=O)C(=O)N1. The fraction of sp³-hybridized carbons (Fsp3) is 0.304. The quantitative estimate of drug-likeness (QED) is 0.705. The largest absolute Gasteiger partial charge is 0.397 e. The van der Waals surface area contributed by atoms with Crippen LogP contribution in [-0.2, 0) is 4.79 Å². The summed E-state index contributed by atoms with van der Waals surface area (Å²) in [5.74, 6) is -0.297. The normalized spacial score (nSPS) is 21.1. The topological polar surface area (TPSA) is 112 Å². The van der Waals surface area contributed by atoms with E-state index < -0.39 is 17.9 Å². The number of hydrogen-bond donors (Lipinski definition) is 2. The highest BCUT2D eigenvalue weighted by atomic mass is 16.2. The first-order valence-corrected chi connectivity index (χ1v) is 10.6. The van der Waals surface area contributed by atoms with Gasteiger partial charge < -0.3 is 20.9 Å². The fourth-order valence-corrected chi connectivity index (χ4v) is 4.51. The number of carbonyl (C=O) groups excluding carboxylic acids is 3. The van der Waals surface area contributed by atoms with Crippen molar-refractivity contribution < 1.29 is 14.4 Å². The van der Waals surface area contributed by atoms with Gasteiger partial charge in [0.05, 0.1) is 23.0 Å². The smallest absolute Gasteiger partial charge is 0.262 e. The Morgan fingerprint density at radius 1 is 0.969 bits per heavy atom. The maximum absolute atomic E-state index is 13.1. The third kappa shape index (κ3) is 3.35. The Morgan fingerprint density at radius 2 is 1.69 bits per heavy atom. The molecule has 3 aliphatic rings. The predicted octanol–water partition coefficient (Wildman–Crippen LogP) is 1.38. The molecule has 5 rings (SSSR count). The molecule has 0 bridgehead atoms. The zero-order valence-corrected chi connectivity index (χ0v) is 17.6. The number of aromatic nitrogens is 1. The summed E-state index contributed by atoms with van der Waals surface area (Å²) in [6.45, 7) is 6.82. The minimum atomic E-state index is -0.799. The van der Waals surface area contributed by atoms with Crippen LogP contribution in [0.25, 0.3) is 0 Å². The van der Waals surface area contributed by atoms with Crippen LogP contribution in [0.3, 0.4) is 0 Å². The lowest BCUT2D eigenvalue weighted by Gasteiger charge is -2.36. The van der Waals surface area contributed by atoms with Crippen molar-refractivity contribution in [3.05, 3.63) is 59.9 Å². The lowest BCUT2D eigenvalue weighted by Crippen LogP contribution is -2.51. The Kier molecular flexibility index (Phi) is 4.80. The second-order valence-electron chi connectivity index (χ2n) is 8.28. The first-order valence-electron chi connectivity index (χ1n) is 10.6. The Bertz CT molecular complexity index is 1120. The monoisotopic (exact) mass is 432 g/mol. The first kappa shape index (κ1) is 20.0. The van der Waals surface area contributed by atoms with Crippen LogP contribution in [0, 0.1) is 0 Å². The van der Waals surface area contributed by atoms with Crippen LogP contribution in [0.1, 0.15) is 33.6 Å². The fourth-order valence-electron chi connectivity index (χ4n) is 4.51. The molecule has 1 atom stereocenters. The van der Waals surface area contributed by atoms with Gasteiger partial charge in [0.15, 0.2) is 0 Å². The summed E-state index contributed by atoms with van der Waals surface area (Å²) in [7, 11) is 0. The van der Waals surface area contributed by atoms with Gasteiger partial charge in [-0.2, -0.15) is 0 Å². The molecule has 3 amide bonds. The molecule has 0 radical (unpaired) electrons. The number of amides is 3. The van der Waals surface area contributed by atoms with Gasteiger partial charge in [0, 0.05) is 37.6 Å². The van der Waals surface area contributed by atoms with Crippen molar-refractivity contribution in [1.82, 2.24) is 15.2 Å². The van der Waals surface area contributed by atoms with Crippen LogP contribution in [0.15, 0.2) is 48.8 Å². The van der Waals surface area contributed by atoms with E-state index in [0.717, 1.165) is 42.6 Å². The number of carbonyl (C=O) groups is 3. The molecule has 3 N–H and O–H groups in total. The zero-order chi connectivity index (χ0) is 22.4. The summed E-state index contributed by atoms with van der Waals surface area (Å²) in [5.41, 5.74) is 8.55. The zero-order valence-electron chi connectivity index (χ0n) is 17.6. The number of pyridine rings is 1. The van der Waals surface area contributed by atoms with E-state index in [1.165, 1.54) is 0 Å². The van der Waals surface area contributed by atoms with Crippen molar-refractivity contribution in [2.45, 2.75) is 18.9 Å². The van der Waals surface area contributed by atoms with Crippen molar-refractivity contribution in [1.29, 1.82) is 0 Å². The third-order valence-electron chi connectivity index (χ3n) is 6.27. The highest BCUT2D eigenvalue weighted by Gasteiger charge is 2.44. The predicted molar refractivity (Wildman–Crippen MR) is 120 cm³/mol. The summed E-state index contributed by atoms with van der Waals surface area (Å²) in [4.78, 5) is 48.2. The molecule has 0 spiro atoms. The number of anilines is 3. The molecule has 1 aromatic heterocycles. The maximum atomic E-state index is 13.1. The van der Waals surface area contributed by atoms with E-state index >= 15 is 0 Å². The van der Waals surface area contributed by atoms with E-state index in [1.54, 1.807) is 18.3 Å². The van der Waals surface area contributed by atoms with Crippen molar-refractivity contribution in [2.24, 2.45) is 0 Å². The second-order valence-corrected chi connectivity index (χ2v) is 8.28. The lowest BCUT2D eigenvalue weighted by atomic mass is 10.0. The van der Waals surface area contributed by atoms with Gasteiger partial charge >= 0.3 is 0 Å². The molecule has 2 saturated heterocycles. The van der Waals surface area contributed by atoms with E-state index in [4.69, 9.17) is 5.73 Å². The second kappa shape index (κ2) is 7.67. The summed E-state index contributed by atoms with van der Waals surface area (Å²) in [5, 5.41) is 2.65. The van der Waals surface area contributed by atoms with E-state index in [-0.39, 0.29) is 5.91 Å². The van der Waals surface area contributed by atoms with Crippen molar-refractivity contribution >= 4 is 34.9 Å². The average Bonchev–Trinajstić information content (AvgIpc) is 3.04. The number of allylic oxidation sites excluding steroid dienone is 1. The molecule has 1 aromatic carbocycles. The average molecular weight is 432 g/mol. The van der Waals surface area contributed by atoms with E-state index in [2.05, 4.69) is 26.7 Å². The molecule has 32 heavy (non-hydrogen) atoms. The molecule has 1 unspecified atom stereocenters. The van der Waals surface area contributed by atoms with Crippen LogP contribution < -0.4 is 20.9 Å². The minimum Gasteiger partial charge on any atom is -0.397 e. The number of piperidine rings is 1. The van der Waals surface area contributed by atoms with Crippen LogP contribution in [-0.4, -0.2) is 59.8 Å². The number of benzene rings is 1. The standard InChI is InChI=1S/C23H24N6O3/c1-14-2-6-19(21(30)26-14)29-22(31)17-5-4-16(12-18(17)23(29)32)27-8-10-28(11-9-27)20-7-3-15(24)13-25-20/h3-5,7,12-13,19H,1-2,6,8-11,24H2,(H,26,30). The molecule has 2 aromatic rings. The van der Waals surface area contributed by atoms with E-state index in [9.17, 15) is 14.4 Å². The van der Waals surface area contributed by atoms with Gasteiger partial charge in [0.25, 0.3) is 11.8 Å². The molecule has 0 aliphatic carbocycles. The van der Waals surface area contributed by atoms with Gasteiger partial charge in [-0.3, -0.25) is 19.3 Å². The Balaban J connectivity index is 1.31. The molecule has 9 heteroatoms. The van der Waals surface area contributed by atoms with Gasteiger partial charge in [-0.25, -0.2) is 4.98 Å². The van der Waals surface area contributed by atoms with Crippen molar-refractivity contribution in [2.75, 3.05) is 41.7 Å². The highest BCUT2D eigenvalue weighted by Crippen LogP contribution is 2.31. The minimum absolute atomic E-state index is 0.348. The number of fused-ring (bicyclic) bond motifs is 1. The van der Waals surface area contributed by atoms with Gasteiger partial charge in [-0.05, 0) is 43.2 Å². The number of nitrogens with zero attached hydrogens (tertiary/aromatic N) is 4. The van der Waals surface area contributed by atoms with Crippen LogP contribution in [0.4, 0.5) is 17.2 Å². The summed E-state index contributed by atoms with van der Waals surface area (Å²) in [6.07, 6.45) is 2.59. The summed E-state index contributed by atoms with van der Waals surface area (Å²) < 4.78 is 0. The van der Waals surface area contributed by atoms with E-state index in [1.807, 2.05) is 18.2 Å². The Morgan fingerprint density at radius 3 is 2.38 bits per heavy atom. The van der Waals surface area contributed by atoms with Crippen LogP contribution in [0.2, 0.25) is 0 Å². The van der Waals surface area contributed by atoms with Gasteiger partial charge in [-0.1, -0.05) is 6.58 Å². The first-order chi connectivity index (χ1) is 15.4. The molecule has 0 saturated carbocycles. The van der Waals surface area contributed by atoms with Gasteiger partial charge in [0.2, 0.25) is 5.91 Å².